The number of hydrogen-bond donors (Lipinski definition) is 0. The second-order valence-electron chi connectivity index (χ2n) is 3.22. The molecule has 0 spiro atoms. The van der Waals surface area contributed by atoms with Crippen molar-refractivity contribution in [3.05, 3.63) is 12.7 Å². The van der Waals surface area contributed by atoms with Crippen molar-refractivity contribution < 1.29 is 14.3 Å². The normalized spacial score (nSPS) is 12.1. The molecule has 0 fully saturated rings. The summed E-state index contributed by atoms with van der Waals surface area (Å²) in [5.74, 6) is -0.209. The summed E-state index contributed by atoms with van der Waals surface area (Å²) in [6.07, 6.45) is 5.90. The van der Waals surface area contributed by atoms with Gasteiger partial charge in [-0.25, -0.2) is 0 Å². The Bertz CT molecular complexity index is 166. The zero-order chi connectivity index (χ0) is 10.8. The van der Waals surface area contributed by atoms with Gasteiger partial charge in [-0.3, -0.25) is 4.79 Å². The van der Waals surface area contributed by atoms with Crippen LogP contribution in [-0.4, -0.2) is 25.8 Å². The van der Waals surface area contributed by atoms with Gasteiger partial charge in [0.1, 0.15) is 0 Å². The van der Waals surface area contributed by atoms with E-state index >= 15 is 0 Å². The van der Waals surface area contributed by atoms with Crippen LogP contribution >= 0.6 is 0 Å². The molecule has 0 bridgehead atoms. The van der Waals surface area contributed by atoms with Crippen LogP contribution in [0.15, 0.2) is 12.7 Å². The molecule has 0 saturated heterocycles. The molecule has 0 saturated carbocycles. The van der Waals surface area contributed by atoms with Crippen LogP contribution in [0.2, 0.25) is 0 Å². The number of ether oxygens (including phenoxy) is 2. The third-order valence-corrected chi connectivity index (χ3v) is 1.99. The second-order valence-corrected chi connectivity index (χ2v) is 3.22. The third kappa shape index (κ3) is 7.80. The van der Waals surface area contributed by atoms with Crippen molar-refractivity contribution in [2.75, 3.05) is 13.7 Å². The molecule has 3 heteroatoms. The molecular weight excluding hydrogens is 180 g/mol. The van der Waals surface area contributed by atoms with Crippen LogP contribution in [-0.2, 0) is 14.3 Å². The lowest BCUT2D eigenvalue weighted by atomic mass is 10.1. The lowest BCUT2D eigenvalue weighted by Crippen LogP contribution is -2.09. The first-order valence-electron chi connectivity index (χ1n) is 4.97. The van der Waals surface area contributed by atoms with Gasteiger partial charge in [-0.1, -0.05) is 6.08 Å². The van der Waals surface area contributed by atoms with Gasteiger partial charge in [0.05, 0.1) is 12.7 Å². The minimum absolute atomic E-state index is 0.209. The van der Waals surface area contributed by atoms with Gasteiger partial charge in [-0.05, 0) is 25.7 Å². The van der Waals surface area contributed by atoms with E-state index in [0.29, 0.717) is 6.61 Å². The van der Waals surface area contributed by atoms with E-state index in [1.54, 1.807) is 7.11 Å². The fourth-order valence-electron chi connectivity index (χ4n) is 1.21. The van der Waals surface area contributed by atoms with Gasteiger partial charge in [-0.2, -0.15) is 0 Å². The van der Waals surface area contributed by atoms with Gasteiger partial charge in [-0.15, -0.1) is 6.58 Å². The molecule has 0 heterocycles. The van der Waals surface area contributed by atoms with Crippen LogP contribution in [0.1, 0.15) is 32.6 Å². The molecule has 0 aliphatic carbocycles. The van der Waals surface area contributed by atoms with Crippen LogP contribution in [0.3, 0.4) is 0 Å². The average Bonchev–Trinajstić information content (AvgIpc) is 2.15. The molecule has 0 aromatic rings. The lowest BCUT2D eigenvalue weighted by Gasteiger charge is -2.12. The van der Waals surface area contributed by atoms with E-state index in [4.69, 9.17) is 9.47 Å². The Morgan fingerprint density at radius 2 is 2.21 bits per heavy atom. The Hall–Kier alpha value is -0.830. The van der Waals surface area contributed by atoms with Crippen molar-refractivity contribution in [2.24, 2.45) is 0 Å². The van der Waals surface area contributed by atoms with Gasteiger partial charge in [0.2, 0.25) is 0 Å². The number of esters is 1. The number of hydrogen-bond acceptors (Lipinski definition) is 3. The van der Waals surface area contributed by atoms with E-state index < -0.39 is 0 Å². The van der Waals surface area contributed by atoms with Crippen molar-refractivity contribution in [2.45, 2.75) is 38.7 Å². The summed E-state index contributed by atoms with van der Waals surface area (Å²) in [5, 5.41) is 0. The maximum atomic E-state index is 10.4. The molecule has 0 aliphatic heterocycles. The van der Waals surface area contributed by atoms with Gasteiger partial charge in [0, 0.05) is 14.0 Å². The minimum Gasteiger partial charge on any atom is -0.466 e. The smallest absolute Gasteiger partial charge is 0.302 e. The van der Waals surface area contributed by atoms with Crippen molar-refractivity contribution in [1.29, 1.82) is 0 Å². The predicted molar refractivity (Wildman–Crippen MR) is 56.1 cm³/mol. The second kappa shape index (κ2) is 8.75. The molecular formula is C11H20O3. The monoisotopic (exact) mass is 200 g/mol. The first-order valence-corrected chi connectivity index (χ1v) is 4.97. The Balaban J connectivity index is 3.32. The summed E-state index contributed by atoms with van der Waals surface area (Å²) < 4.78 is 10.1. The number of carbonyl (C=O) groups excluding carboxylic acids is 1. The summed E-state index contributed by atoms with van der Waals surface area (Å²) in [6, 6.07) is 0. The molecule has 0 aromatic heterocycles. The maximum absolute atomic E-state index is 10.4. The minimum atomic E-state index is -0.209. The molecule has 0 N–H and O–H groups in total. The SMILES string of the molecule is C=CCC(CCCCOC(C)=O)OC. The van der Waals surface area contributed by atoms with Gasteiger partial charge >= 0.3 is 5.97 Å². The molecule has 1 atom stereocenters. The molecule has 0 amide bonds. The highest BCUT2D eigenvalue weighted by atomic mass is 16.5. The van der Waals surface area contributed by atoms with E-state index in [2.05, 4.69) is 6.58 Å². The van der Waals surface area contributed by atoms with Gasteiger partial charge < -0.3 is 9.47 Å². The summed E-state index contributed by atoms with van der Waals surface area (Å²) in [5.41, 5.74) is 0. The van der Waals surface area contributed by atoms with Gasteiger partial charge in [0.15, 0.2) is 0 Å². The van der Waals surface area contributed by atoms with Gasteiger partial charge in [0.25, 0.3) is 0 Å². The number of carbonyl (C=O) groups is 1. The first-order chi connectivity index (χ1) is 6.70. The van der Waals surface area contributed by atoms with E-state index in [-0.39, 0.29) is 12.1 Å². The highest BCUT2D eigenvalue weighted by molar-refractivity contribution is 5.65. The molecule has 1 unspecified atom stereocenters. The van der Waals surface area contributed by atoms with Crippen molar-refractivity contribution >= 4 is 5.97 Å². The summed E-state index contributed by atoms with van der Waals surface area (Å²) in [4.78, 5) is 10.4. The quantitative estimate of drug-likeness (QED) is 0.342. The van der Waals surface area contributed by atoms with Crippen molar-refractivity contribution in [1.82, 2.24) is 0 Å². The summed E-state index contributed by atoms with van der Waals surface area (Å²) >= 11 is 0. The van der Waals surface area contributed by atoms with Crippen LogP contribution in [0.4, 0.5) is 0 Å². The highest BCUT2D eigenvalue weighted by Crippen LogP contribution is 2.08. The number of rotatable bonds is 8. The zero-order valence-electron chi connectivity index (χ0n) is 9.12. The fraction of sp³-hybridized carbons (Fsp3) is 0.727. The standard InChI is InChI=1S/C11H20O3/c1-4-7-11(13-3)8-5-6-9-14-10(2)12/h4,11H,1,5-9H2,2-3H3. The topological polar surface area (TPSA) is 35.5 Å². The van der Waals surface area contributed by atoms with E-state index in [0.717, 1.165) is 25.7 Å². The van der Waals surface area contributed by atoms with Crippen LogP contribution in [0.5, 0.6) is 0 Å². The maximum Gasteiger partial charge on any atom is 0.302 e. The Kier molecular flexibility index (Phi) is 8.24. The highest BCUT2D eigenvalue weighted by Gasteiger charge is 2.04. The van der Waals surface area contributed by atoms with E-state index in [9.17, 15) is 4.79 Å². The van der Waals surface area contributed by atoms with E-state index in [1.807, 2.05) is 6.08 Å². The largest absolute Gasteiger partial charge is 0.466 e. The summed E-state index contributed by atoms with van der Waals surface area (Å²) in [7, 11) is 1.71. The number of unbranched alkanes of at least 4 members (excludes halogenated alkanes) is 1. The molecule has 0 aliphatic rings. The average molecular weight is 200 g/mol. The third-order valence-electron chi connectivity index (χ3n) is 1.99. The molecule has 0 rings (SSSR count). The molecule has 0 aromatic carbocycles. The van der Waals surface area contributed by atoms with E-state index in [1.165, 1.54) is 6.92 Å². The first kappa shape index (κ1) is 13.2. The molecule has 3 nitrogen and oxygen atoms in total. The van der Waals surface area contributed by atoms with Crippen LogP contribution < -0.4 is 0 Å². The summed E-state index contributed by atoms with van der Waals surface area (Å²) in [6.45, 7) is 5.61. The van der Waals surface area contributed by atoms with Crippen molar-refractivity contribution in [3.63, 3.8) is 0 Å². The molecule has 14 heavy (non-hydrogen) atoms. The fourth-order valence-corrected chi connectivity index (χ4v) is 1.21. The Labute approximate surface area is 86.1 Å². The zero-order valence-corrected chi connectivity index (χ0v) is 9.12. The molecule has 0 radical (unpaired) electrons. The predicted octanol–water partition coefficient (Wildman–Crippen LogP) is 2.31. The lowest BCUT2D eigenvalue weighted by molar-refractivity contribution is -0.141. The molecule has 82 valence electrons. The number of methoxy groups -OCH3 is 1. The Morgan fingerprint density at radius 3 is 2.71 bits per heavy atom. The van der Waals surface area contributed by atoms with Crippen molar-refractivity contribution in [3.8, 4) is 0 Å². The Morgan fingerprint density at radius 1 is 1.50 bits per heavy atom. The van der Waals surface area contributed by atoms with Crippen LogP contribution in [0, 0.1) is 0 Å². The van der Waals surface area contributed by atoms with Crippen LogP contribution in [0.25, 0.3) is 0 Å².